The molecule has 2 rings (SSSR count). The molecule has 2 aromatic carbocycles. The van der Waals surface area contributed by atoms with Crippen LogP contribution in [-0.4, -0.2) is 33.0 Å². The summed E-state index contributed by atoms with van der Waals surface area (Å²) >= 11 is 5.96. The third-order valence-electron chi connectivity index (χ3n) is 3.56. The molecule has 0 saturated carbocycles. The number of nitrogens with zero attached hydrogens (tertiary/aromatic N) is 2. The van der Waals surface area contributed by atoms with Crippen molar-refractivity contribution in [1.82, 2.24) is 0 Å². The predicted octanol–water partition coefficient (Wildman–Crippen LogP) is 3.25. The van der Waals surface area contributed by atoms with E-state index in [9.17, 15) is 23.3 Å². The number of para-hydroxylation sites is 1. The highest BCUT2D eigenvalue weighted by atomic mass is 35.5. The van der Waals surface area contributed by atoms with Gasteiger partial charge in [0.25, 0.3) is 15.7 Å². The number of nitro benzene ring substituents is 1. The van der Waals surface area contributed by atoms with Crippen LogP contribution in [0.2, 0.25) is 5.02 Å². The number of benzene rings is 2. The highest BCUT2D eigenvalue weighted by molar-refractivity contribution is 7.93. The van der Waals surface area contributed by atoms with Gasteiger partial charge in [-0.3, -0.25) is 14.4 Å². The molecule has 2 aromatic rings. The van der Waals surface area contributed by atoms with Gasteiger partial charge in [-0.25, -0.2) is 13.2 Å². The van der Waals surface area contributed by atoms with Crippen LogP contribution < -0.4 is 4.31 Å². The van der Waals surface area contributed by atoms with Gasteiger partial charge in [-0.2, -0.15) is 0 Å². The summed E-state index contributed by atoms with van der Waals surface area (Å²) in [7, 11) is -3.07. The van der Waals surface area contributed by atoms with Crippen LogP contribution in [0, 0.1) is 10.1 Å². The number of ether oxygens (including phenoxy) is 1. The van der Waals surface area contributed by atoms with Gasteiger partial charge < -0.3 is 4.74 Å². The van der Waals surface area contributed by atoms with Crippen molar-refractivity contribution in [3.63, 3.8) is 0 Å². The quantitative estimate of drug-likeness (QED) is 0.420. The van der Waals surface area contributed by atoms with Crippen LogP contribution in [0.1, 0.15) is 17.3 Å². The molecule has 10 heteroatoms. The van der Waals surface area contributed by atoms with Crippen LogP contribution in [0.4, 0.5) is 11.4 Å². The Labute approximate surface area is 155 Å². The number of anilines is 1. The van der Waals surface area contributed by atoms with Crippen molar-refractivity contribution in [2.75, 3.05) is 18.0 Å². The lowest BCUT2D eigenvalue weighted by molar-refractivity contribution is -0.387. The SMILES string of the molecule is CCN(c1ccc(Cl)c(C(=O)OC)c1)S(=O)(=O)c1ccccc1[N+](=O)[O-]. The normalized spacial score (nSPS) is 11.0. The van der Waals surface area contributed by atoms with Crippen molar-refractivity contribution >= 4 is 39.0 Å². The van der Waals surface area contributed by atoms with Crippen molar-refractivity contribution < 1.29 is 22.9 Å². The molecule has 0 N–H and O–H groups in total. The molecule has 0 fully saturated rings. The Morgan fingerprint density at radius 1 is 1.27 bits per heavy atom. The lowest BCUT2D eigenvalue weighted by atomic mass is 10.2. The highest BCUT2D eigenvalue weighted by Crippen LogP contribution is 2.31. The monoisotopic (exact) mass is 398 g/mol. The summed E-state index contributed by atoms with van der Waals surface area (Å²) in [6.07, 6.45) is 0. The van der Waals surface area contributed by atoms with E-state index in [0.717, 1.165) is 16.4 Å². The zero-order chi connectivity index (χ0) is 19.5. The molecule has 8 nitrogen and oxygen atoms in total. The van der Waals surface area contributed by atoms with Crippen LogP contribution in [0.5, 0.6) is 0 Å². The van der Waals surface area contributed by atoms with Gasteiger partial charge in [0.05, 0.1) is 28.3 Å². The number of carbonyl (C=O) groups excluding carboxylic acids is 1. The summed E-state index contributed by atoms with van der Waals surface area (Å²) < 4.78 is 31.6. The summed E-state index contributed by atoms with van der Waals surface area (Å²) in [5.41, 5.74) is -0.411. The van der Waals surface area contributed by atoms with Crippen molar-refractivity contribution in [2.24, 2.45) is 0 Å². The van der Waals surface area contributed by atoms with Crippen LogP contribution in [0.25, 0.3) is 0 Å². The summed E-state index contributed by atoms with van der Waals surface area (Å²) in [5, 5.41) is 11.3. The minimum Gasteiger partial charge on any atom is -0.465 e. The van der Waals surface area contributed by atoms with Crippen molar-refractivity contribution in [3.05, 3.63) is 63.2 Å². The van der Waals surface area contributed by atoms with Gasteiger partial charge in [-0.15, -0.1) is 0 Å². The van der Waals surface area contributed by atoms with Crippen LogP contribution in [-0.2, 0) is 14.8 Å². The molecular weight excluding hydrogens is 384 g/mol. The molecule has 0 spiro atoms. The van der Waals surface area contributed by atoms with E-state index < -0.39 is 31.5 Å². The minimum absolute atomic E-state index is 0.0112. The number of nitro groups is 1. The first-order valence-electron chi connectivity index (χ1n) is 7.38. The maximum Gasteiger partial charge on any atom is 0.339 e. The number of sulfonamides is 1. The summed E-state index contributed by atoms with van der Waals surface area (Å²) in [5.74, 6) is -0.726. The van der Waals surface area contributed by atoms with E-state index in [1.165, 1.54) is 37.4 Å². The van der Waals surface area contributed by atoms with E-state index in [4.69, 9.17) is 11.6 Å². The Hall–Kier alpha value is -2.65. The van der Waals surface area contributed by atoms with E-state index >= 15 is 0 Å². The smallest absolute Gasteiger partial charge is 0.339 e. The van der Waals surface area contributed by atoms with Crippen LogP contribution >= 0.6 is 11.6 Å². The Morgan fingerprint density at radius 3 is 2.50 bits per heavy atom. The van der Waals surface area contributed by atoms with Gasteiger partial charge in [0.15, 0.2) is 4.90 Å². The number of esters is 1. The number of hydrogen-bond donors (Lipinski definition) is 0. The molecule has 0 saturated heterocycles. The Balaban J connectivity index is 2.62. The van der Waals surface area contributed by atoms with Gasteiger partial charge in [-0.1, -0.05) is 23.7 Å². The van der Waals surface area contributed by atoms with Gasteiger partial charge >= 0.3 is 5.97 Å². The first kappa shape index (κ1) is 19.7. The van der Waals surface area contributed by atoms with Crippen molar-refractivity contribution in [2.45, 2.75) is 11.8 Å². The third kappa shape index (κ3) is 3.63. The molecule has 0 atom stereocenters. The fourth-order valence-electron chi connectivity index (χ4n) is 2.37. The number of halogens is 1. The molecule has 0 aliphatic heterocycles. The zero-order valence-corrected chi connectivity index (χ0v) is 15.5. The summed E-state index contributed by atoms with van der Waals surface area (Å²) in [6.45, 7) is 1.55. The lowest BCUT2D eigenvalue weighted by Crippen LogP contribution is -2.31. The first-order chi connectivity index (χ1) is 12.2. The van der Waals surface area contributed by atoms with E-state index in [2.05, 4.69) is 4.74 Å². The zero-order valence-electron chi connectivity index (χ0n) is 13.9. The fourth-order valence-corrected chi connectivity index (χ4v) is 4.19. The molecule has 26 heavy (non-hydrogen) atoms. The van der Waals surface area contributed by atoms with E-state index in [1.807, 2.05) is 0 Å². The second kappa shape index (κ2) is 7.71. The standard InChI is InChI=1S/C16H15ClN2O6S/c1-3-18(11-8-9-13(17)12(10-11)16(20)25-2)26(23,24)15-7-5-4-6-14(15)19(21)22/h4-10H,3H2,1-2H3. The van der Waals surface area contributed by atoms with Gasteiger partial charge in [0.2, 0.25) is 0 Å². The maximum absolute atomic E-state index is 13.0. The van der Waals surface area contributed by atoms with Gasteiger partial charge in [-0.05, 0) is 31.2 Å². The molecular formula is C16H15ClN2O6S. The van der Waals surface area contributed by atoms with Gasteiger partial charge in [0.1, 0.15) is 0 Å². The third-order valence-corrected chi connectivity index (χ3v) is 5.84. The average molecular weight is 399 g/mol. The maximum atomic E-state index is 13.0. The predicted molar refractivity (Wildman–Crippen MR) is 96.1 cm³/mol. The molecule has 0 aliphatic rings. The Morgan fingerprint density at radius 2 is 1.92 bits per heavy atom. The molecule has 0 heterocycles. The molecule has 138 valence electrons. The molecule has 0 aliphatic carbocycles. The number of rotatable bonds is 6. The van der Waals surface area contributed by atoms with Crippen LogP contribution in [0.3, 0.4) is 0 Å². The van der Waals surface area contributed by atoms with Crippen LogP contribution in [0.15, 0.2) is 47.4 Å². The number of carbonyl (C=O) groups is 1. The summed E-state index contributed by atoms with van der Waals surface area (Å²) in [6, 6.07) is 9.09. The van der Waals surface area contributed by atoms with E-state index in [1.54, 1.807) is 6.92 Å². The average Bonchev–Trinajstić information content (AvgIpc) is 2.62. The van der Waals surface area contributed by atoms with Gasteiger partial charge in [0, 0.05) is 12.6 Å². The molecule has 0 bridgehead atoms. The first-order valence-corrected chi connectivity index (χ1v) is 9.19. The topological polar surface area (TPSA) is 107 Å². The Bertz CT molecular complexity index is 961. The Kier molecular flexibility index (Phi) is 5.83. The lowest BCUT2D eigenvalue weighted by Gasteiger charge is -2.23. The highest BCUT2D eigenvalue weighted by Gasteiger charge is 2.31. The second-order valence-corrected chi connectivity index (χ2v) is 7.29. The molecule has 0 amide bonds. The fraction of sp³-hybridized carbons (Fsp3) is 0.188. The summed E-state index contributed by atoms with van der Waals surface area (Å²) in [4.78, 5) is 21.8. The molecule has 0 unspecified atom stereocenters. The van der Waals surface area contributed by atoms with Crippen molar-refractivity contribution in [1.29, 1.82) is 0 Å². The molecule has 0 radical (unpaired) electrons. The van der Waals surface area contributed by atoms with E-state index in [-0.39, 0.29) is 22.8 Å². The van der Waals surface area contributed by atoms with Crippen molar-refractivity contribution in [3.8, 4) is 0 Å². The second-order valence-electron chi connectivity index (χ2n) is 5.05. The van der Waals surface area contributed by atoms with E-state index in [0.29, 0.717) is 0 Å². The number of hydrogen-bond acceptors (Lipinski definition) is 6. The molecule has 0 aromatic heterocycles. The minimum atomic E-state index is -4.25. The largest absolute Gasteiger partial charge is 0.465 e. The number of methoxy groups -OCH3 is 1.